The Labute approximate surface area is 140 Å². The van der Waals surface area contributed by atoms with Crippen molar-refractivity contribution in [2.45, 2.75) is 13.0 Å². The number of carbonyl (C=O) groups excluding carboxylic acids is 1. The first kappa shape index (κ1) is 15.5. The molecular weight excluding hydrogens is 316 g/mol. The molecule has 0 atom stereocenters. The van der Waals surface area contributed by atoms with Gasteiger partial charge in [-0.25, -0.2) is 0 Å². The molecule has 2 heterocycles. The van der Waals surface area contributed by atoms with Crippen LogP contribution in [0, 0.1) is 0 Å². The first-order valence-corrected chi connectivity index (χ1v) is 8.83. The van der Waals surface area contributed by atoms with Crippen molar-refractivity contribution < 1.29 is 4.79 Å². The number of benzene rings is 1. The molecule has 1 aromatic carbocycles. The summed E-state index contributed by atoms with van der Waals surface area (Å²) in [7, 11) is 0. The maximum absolute atomic E-state index is 12.4. The van der Waals surface area contributed by atoms with Crippen molar-refractivity contribution >= 4 is 28.8 Å². The zero-order chi connectivity index (χ0) is 15.4. The molecule has 22 heavy (non-hydrogen) atoms. The molecule has 0 aliphatic carbocycles. The van der Waals surface area contributed by atoms with Crippen molar-refractivity contribution in [2.75, 3.05) is 26.2 Å². The molecule has 1 fully saturated rings. The van der Waals surface area contributed by atoms with Gasteiger partial charge in [0.15, 0.2) is 0 Å². The predicted molar refractivity (Wildman–Crippen MR) is 91.6 cm³/mol. The van der Waals surface area contributed by atoms with E-state index in [-0.39, 0.29) is 5.91 Å². The Morgan fingerprint density at radius 1 is 1.14 bits per heavy atom. The minimum Gasteiger partial charge on any atom is -0.337 e. The van der Waals surface area contributed by atoms with Gasteiger partial charge in [-0.3, -0.25) is 9.69 Å². The van der Waals surface area contributed by atoms with Gasteiger partial charge in [-0.05, 0) is 29.5 Å². The molecule has 1 amide bonds. The van der Waals surface area contributed by atoms with Gasteiger partial charge in [0.1, 0.15) is 0 Å². The standard InChI is InChI=1S/C17H19ClN2OS/c18-16-5-2-1-4-14(16)12-19-7-3-8-20(10-9-19)17(21)15-6-11-22-13-15/h1-2,4-6,11,13H,3,7-10,12H2. The average molecular weight is 335 g/mol. The summed E-state index contributed by atoms with van der Waals surface area (Å²) in [5.41, 5.74) is 1.96. The van der Waals surface area contributed by atoms with E-state index in [1.165, 1.54) is 0 Å². The van der Waals surface area contributed by atoms with Gasteiger partial charge >= 0.3 is 0 Å². The van der Waals surface area contributed by atoms with Gasteiger partial charge in [-0.2, -0.15) is 11.3 Å². The average Bonchev–Trinajstić information content (AvgIpc) is 2.96. The largest absolute Gasteiger partial charge is 0.337 e. The minimum absolute atomic E-state index is 0.154. The summed E-state index contributed by atoms with van der Waals surface area (Å²) < 4.78 is 0. The molecule has 2 aromatic rings. The lowest BCUT2D eigenvalue weighted by Crippen LogP contribution is -2.34. The number of thiophene rings is 1. The summed E-state index contributed by atoms with van der Waals surface area (Å²) in [6.07, 6.45) is 1.00. The van der Waals surface area contributed by atoms with Crippen molar-refractivity contribution in [1.29, 1.82) is 0 Å². The Kier molecular flexibility index (Phi) is 5.13. The number of carbonyl (C=O) groups is 1. The highest BCUT2D eigenvalue weighted by Crippen LogP contribution is 2.18. The van der Waals surface area contributed by atoms with Crippen LogP contribution in [0.5, 0.6) is 0 Å². The van der Waals surface area contributed by atoms with E-state index in [2.05, 4.69) is 11.0 Å². The number of amides is 1. The number of halogens is 1. The first-order valence-electron chi connectivity index (χ1n) is 7.51. The van der Waals surface area contributed by atoms with Crippen LogP contribution in [0.4, 0.5) is 0 Å². The molecule has 0 N–H and O–H groups in total. The van der Waals surface area contributed by atoms with Crippen LogP contribution in [0.2, 0.25) is 5.02 Å². The number of nitrogens with zero attached hydrogens (tertiary/aromatic N) is 2. The van der Waals surface area contributed by atoms with E-state index in [1.807, 2.05) is 39.9 Å². The fourth-order valence-corrected chi connectivity index (χ4v) is 3.59. The molecule has 116 valence electrons. The van der Waals surface area contributed by atoms with Crippen LogP contribution in [0.1, 0.15) is 22.3 Å². The molecule has 1 aliphatic heterocycles. The minimum atomic E-state index is 0.154. The second-order valence-corrected chi connectivity index (χ2v) is 6.71. The fourth-order valence-electron chi connectivity index (χ4n) is 2.77. The third-order valence-electron chi connectivity index (χ3n) is 4.00. The first-order chi connectivity index (χ1) is 10.7. The molecule has 0 spiro atoms. The second kappa shape index (κ2) is 7.27. The number of hydrogen-bond acceptors (Lipinski definition) is 3. The Hall–Kier alpha value is -1.36. The lowest BCUT2D eigenvalue weighted by Gasteiger charge is -2.22. The van der Waals surface area contributed by atoms with Gasteiger partial charge in [0, 0.05) is 43.1 Å². The van der Waals surface area contributed by atoms with Crippen molar-refractivity contribution in [3.05, 3.63) is 57.2 Å². The van der Waals surface area contributed by atoms with Gasteiger partial charge in [-0.1, -0.05) is 29.8 Å². The second-order valence-electron chi connectivity index (χ2n) is 5.53. The van der Waals surface area contributed by atoms with Crippen LogP contribution in [-0.2, 0) is 6.54 Å². The lowest BCUT2D eigenvalue weighted by atomic mass is 10.2. The maximum atomic E-state index is 12.4. The van der Waals surface area contributed by atoms with Gasteiger partial charge < -0.3 is 4.90 Å². The van der Waals surface area contributed by atoms with E-state index in [0.717, 1.165) is 55.3 Å². The molecule has 0 radical (unpaired) electrons. The monoisotopic (exact) mass is 334 g/mol. The fraction of sp³-hybridized carbons (Fsp3) is 0.353. The van der Waals surface area contributed by atoms with Crippen LogP contribution < -0.4 is 0 Å². The SMILES string of the molecule is O=C(c1ccsc1)N1CCCN(Cc2ccccc2Cl)CC1. The Bertz CT molecular complexity index is 629. The van der Waals surface area contributed by atoms with E-state index in [1.54, 1.807) is 11.3 Å². The molecule has 0 saturated carbocycles. The van der Waals surface area contributed by atoms with Crippen LogP contribution in [-0.4, -0.2) is 41.9 Å². The highest BCUT2D eigenvalue weighted by atomic mass is 35.5. The molecule has 1 saturated heterocycles. The molecule has 1 aliphatic rings. The molecule has 3 nitrogen and oxygen atoms in total. The smallest absolute Gasteiger partial charge is 0.254 e. The summed E-state index contributed by atoms with van der Waals surface area (Å²) in [6, 6.07) is 9.88. The summed E-state index contributed by atoms with van der Waals surface area (Å²) in [6.45, 7) is 4.34. The summed E-state index contributed by atoms with van der Waals surface area (Å²) in [4.78, 5) is 16.8. The van der Waals surface area contributed by atoms with E-state index in [0.29, 0.717) is 0 Å². The van der Waals surface area contributed by atoms with Gasteiger partial charge in [0.25, 0.3) is 5.91 Å². The van der Waals surface area contributed by atoms with Gasteiger partial charge in [0.2, 0.25) is 0 Å². The van der Waals surface area contributed by atoms with Crippen LogP contribution in [0.25, 0.3) is 0 Å². The van der Waals surface area contributed by atoms with E-state index >= 15 is 0 Å². The molecule has 0 unspecified atom stereocenters. The van der Waals surface area contributed by atoms with Crippen molar-refractivity contribution in [1.82, 2.24) is 9.80 Å². The molecular formula is C17H19ClN2OS. The normalized spacial score (nSPS) is 16.5. The molecule has 1 aromatic heterocycles. The van der Waals surface area contributed by atoms with Crippen LogP contribution >= 0.6 is 22.9 Å². The molecule has 5 heteroatoms. The summed E-state index contributed by atoms with van der Waals surface area (Å²) in [5.74, 6) is 0.154. The van der Waals surface area contributed by atoms with Crippen molar-refractivity contribution in [2.24, 2.45) is 0 Å². The van der Waals surface area contributed by atoms with Crippen molar-refractivity contribution in [3.63, 3.8) is 0 Å². The summed E-state index contributed by atoms with van der Waals surface area (Å²) in [5, 5.41) is 4.70. The van der Waals surface area contributed by atoms with E-state index < -0.39 is 0 Å². The van der Waals surface area contributed by atoms with Gasteiger partial charge in [0.05, 0.1) is 5.56 Å². The Balaban J connectivity index is 1.60. The molecule has 3 rings (SSSR count). The van der Waals surface area contributed by atoms with Gasteiger partial charge in [-0.15, -0.1) is 0 Å². The van der Waals surface area contributed by atoms with E-state index in [4.69, 9.17) is 11.6 Å². The third-order valence-corrected chi connectivity index (χ3v) is 5.05. The number of rotatable bonds is 3. The summed E-state index contributed by atoms with van der Waals surface area (Å²) >= 11 is 7.81. The lowest BCUT2D eigenvalue weighted by molar-refractivity contribution is 0.0761. The third kappa shape index (κ3) is 3.69. The highest BCUT2D eigenvalue weighted by Gasteiger charge is 2.20. The zero-order valence-corrected chi connectivity index (χ0v) is 13.9. The van der Waals surface area contributed by atoms with E-state index in [9.17, 15) is 4.79 Å². The van der Waals surface area contributed by atoms with Crippen LogP contribution in [0.15, 0.2) is 41.1 Å². The number of hydrogen-bond donors (Lipinski definition) is 0. The maximum Gasteiger partial charge on any atom is 0.254 e. The quantitative estimate of drug-likeness (QED) is 0.853. The highest BCUT2D eigenvalue weighted by molar-refractivity contribution is 7.08. The van der Waals surface area contributed by atoms with Crippen molar-refractivity contribution in [3.8, 4) is 0 Å². The van der Waals surface area contributed by atoms with Crippen LogP contribution in [0.3, 0.4) is 0 Å². The molecule has 0 bridgehead atoms. The topological polar surface area (TPSA) is 23.6 Å². The zero-order valence-electron chi connectivity index (χ0n) is 12.4. The Morgan fingerprint density at radius 2 is 2.00 bits per heavy atom. The Morgan fingerprint density at radius 3 is 2.77 bits per heavy atom. The predicted octanol–water partition coefficient (Wildman–Crippen LogP) is 3.75.